The van der Waals surface area contributed by atoms with Crippen LogP contribution in [0.25, 0.3) is 0 Å². The van der Waals surface area contributed by atoms with Gasteiger partial charge in [-0.25, -0.2) is 0 Å². The van der Waals surface area contributed by atoms with Crippen molar-refractivity contribution >= 4 is 15.9 Å². The number of hydrogen-bond acceptors (Lipinski definition) is 2. The zero-order valence-electron chi connectivity index (χ0n) is 9.90. The molecule has 92 valence electrons. The van der Waals surface area contributed by atoms with E-state index >= 15 is 0 Å². The molecule has 1 unspecified atom stereocenters. The molecule has 0 amide bonds. The Bertz CT molecular complexity index is 582. The van der Waals surface area contributed by atoms with Gasteiger partial charge in [0.25, 0.3) is 0 Å². The molecule has 1 atom stereocenters. The first-order valence-electron chi connectivity index (χ1n) is 5.99. The van der Waals surface area contributed by atoms with Gasteiger partial charge in [-0.1, -0.05) is 40.2 Å². The quantitative estimate of drug-likeness (QED) is 0.876. The minimum atomic E-state index is 0.205. The van der Waals surface area contributed by atoms with E-state index in [0.717, 1.165) is 15.8 Å². The lowest BCUT2D eigenvalue weighted by molar-refractivity contribution is 0.306. The Kier molecular flexibility index (Phi) is 3.10. The van der Waals surface area contributed by atoms with E-state index in [0.29, 0.717) is 13.2 Å². The van der Waals surface area contributed by atoms with Crippen molar-refractivity contribution in [1.29, 1.82) is 0 Å². The number of benzene rings is 2. The summed E-state index contributed by atoms with van der Waals surface area (Å²) >= 11 is 3.52. The minimum Gasteiger partial charge on any atom is -0.489 e. The second-order valence-corrected chi connectivity index (χ2v) is 5.37. The van der Waals surface area contributed by atoms with E-state index in [1.807, 2.05) is 18.2 Å². The fourth-order valence-electron chi connectivity index (χ4n) is 2.51. The van der Waals surface area contributed by atoms with Gasteiger partial charge >= 0.3 is 0 Å². The first kappa shape index (κ1) is 11.8. The summed E-state index contributed by atoms with van der Waals surface area (Å²) in [6.45, 7) is 1.20. The molecule has 2 aromatic rings. The molecule has 18 heavy (non-hydrogen) atoms. The van der Waals surface area contributed by atoms with Crippen LogP contribution in [0.4, 0.5) is 0 Å². The average Bonchev–Trinajstić information content (AvgIpc) is 2.54. The maximum Gasteiger partial charge on any atom is 0.123 e. The summed E-state index contributed by atoms with van der Waals surface area (Å²) in [5, 5.41) is 0. The van der Waals surface area contributed by atoms with Crippen molar-refractivity contribution in [3.63, 3.8) is 0 Å². The van der Waals surface area contributed by atoms with Crippen molar-refractivity contribution in [3.05, 3.63) is 63.6 Å². The molecule has 0 fully saturated rings. The van der Waals surface area contributed by atoms with Gasteiger partial charge < -0.3 is 10.5 Å². The molecule has 0 bridgehead atoms. The van der Waals surface area contributed by atoms with Gasteiger partial charge in [-0.2, -0.15) is 0 Å². The van der Waals surface area contributed by atoms with Gasteiger partial charge in [0, 0.05) is 22.5 Å². The monoisotopic (exact) mass is 303 g/mol. The van der Waals surface area contributed by atoms with E-state index in [4.69, 9.17) is 10.5 Å². The van der Waals surface area contributed by atoms with Crippen molar-refractivity contribution in [2.24, 2.45) is 5.73 Å². The number of nitrogens with two attached hydrogens (primary N) is 1. The van der Waals surface area contributed by atoms with Crippen LogP contribution in [-0.4, -0.2) is 6.54 Å². The normalized spacial score (nSPS) is 17.3. The zero-order chi connectivity index (χ0) is 12.5. The van der Waals surface area contributed by atoms with Gasteiger partial charge in [-0.15, -0.1) is 0 Å². The van der Waals surface area contributed by atoms with E-state index in [1.54, 1.807) is 0 Å². The van der Waals surface area contributed by atoms with Crippen LogP contribution in [-0.2, 0) is 6.61 Å². The maximum atomic E-state index is 5.98. The second-order valence-electron chi connectivity index (χ2n) is 4.46. The number of hydrogen-bond donors (Lipinski definition) is 1. The van der Waals surface area contributed by atoms with Gasteiger partial charge in [0.2, 0.25) is 0 Å². The van der Waals surface area contributed by atoms with Crippen LogP contribution >= 0.6 is 15.9 Å². The third-order valence-corrected chi connectivity index (χ3v) is 3.89. The average molecular weight is 304 g/mol. The largest absolute Gasteiger partial charge is 0.489 e. The van der Waals surface area contributed by atoms with E-state index in [-0.39, 0.29) is 5.92 Å². The first-order chi connectivity index (χ1) is 8.79. The molecule has 1 aliphatic rings. The van der Waals surface area contributed by atoms with Crippen LogP contribution < -0.4 is 10.5 Å². The highest BCUT2D eigenvalue weighted by molar-refractivity contribution is 9.10. The molecule has 2 N–H and O–H groups in total. The van der Waals surface area contributed by atoms with Crippen molar-refractivity contribution in [1.82, 2.24) is 0 Å². The van der Waals surface area contributed by atoms with Crippen molar-refractivity contribution in [2.75, 3.05) is 6.54 Å². The molecule has 2 aromatic carbocycles. The summed E-state index contributed by atoms with van der Waals surface area (Å²) in [6.07, 6.45) is 0. The predicted octanol–water partition coefficient (Wildman–Crippen LogP) is 3.43. The van der Waals surface area contributed by atoms with Gasteiger partial charge in [-0.3, -0.25) is 0 Å². The van der Waals surface area contributed by atoms with Crippen LogP contribution in [0, 0.1) is 0 Å². The first-order valence-corrected chi connectivity index (χ1v) is 6.79. The Balaban J connectivity index is 2.19. The lowest BCUT2D eigenvalue weighted by atomic mass is 9.89. The van der Waals surface area contributed by atoms with E-state index in [1.165, 1.54) is 11.1 Å². The maximum absolute atomic E-state index is 5.98. The standard InChI is InChI=1S/C15H14BrNO/c16-11-5-6-15-13(7-11)14(8-17)12-4-2-1-3-10(12)9-18-15/h1-7,14H,8-9,17H2. The summed E-state index contributed by atoms with van der Waals surface area (Å²) in [5.74, 6) is 1.14. The lowest BCUT2D eigenvalue weighted by Crippen LogP contribution is -2.14. The summed E-state index contributed by atoms with van der Waals surface area (Å²) in [6, 6.07) is 14.5. The SMILES string of the molecule is NCC1c2ccccc2COc2ccc(Br)cc21. The molecule has 0 spiro atoms. The lowest BCUT2D eigenvalue weighted by Gasteiger charge is -2.17. The van der Waals surface area contributed by atoms with Crippen LogP contribution in [0.5, 0.6) is 5.75 Å². The Labute approximate surface area is 115 Å². The predicted molar refractivity (Wildman–Crippen MR) is 75.8 cm³/mol. The van der Waals surface area contributed by atoms with E-state index in [2.05, 4.69) is 40.2 Å². The van der Waals surface area contributed by atoms with Crippen molar-refractivity contribution in [3.8, 4) is 5.75 Å². The van der Waals surface area contributed by atoms with Crippen LogP contribution in [0.3, 0.4) is 0 Å². The van der Waals surface area contributed by atoms with Crippen LogP contribution in [0.2, 0.25) is 0 Å². The molecular weight excluding hydrogens is 290 g/mol. The molecule has 1 heterocycles. The van der Waals surface area contributed by atoms with Gasteiger partial charge in [0.05, 0.1) is 0 Å². The molecular formula is C15H14BrNO. The van der Waals surface area contributed by atoms with Crippen LogP contribution in [0.15, 0.2) is 46.9 Å². The highest BCUT2D eigenvalue weighted by Gasteiger charge is 2.23. The summed E-state index contributed by atoms with van der Waals surface area (Å²) in [4.78, 5) is 0. The van der Waals surface area contributed by atoms with Crippen LogP contribution in [0.1, 0.15) is 22.6 Å². The molecule has 3 rings (SSSR count). The van der Waals surface area contributed by atoms with Crippen molar-refractivity contribution < 1.29 is 4.74 Å². The molecule has 0 aliphatic carbocycles. The van der Waals surface area contributed by atoms with E-state index < -0.39 is 0 Å². The molecule has 0 aromatic heterocycles. The Morgan fingerprint density at radius 3 is 2.83 bits per heavy atom. The molecule has 3 heteroatoms. The fraction of sp³-hybridized carbons (Fsp3) is 0.200. The number of fused-ring (bicyclic) bond motifs is 2. The smallest absolute Gasteiger partial charge is 0.123 e. The summed E-state index contributed by atoms with van der Waals surface area (Å²) in [7, 11) is 0. The molecule has 0 saturated heterocycles. The Hall–Kier alpha value is -1.32. The Morgan fingerprint density at radius 1 is 1.17 bits per heavy atom. The van der Waals surface area contributed by atoms with Crippen molar-refractivity contribution in [2.45, 2.75) is 12.5 Å². The summed E-state index contributed by atoms with van der Waals surface area (Å²) in [5.41, 5.74) is 9.64. The van der Waals surface area contributed by atoms with Gasteiger partial charge in [0.1, 0.15) is 12.4 Å². The third kappa shape index (κ3) is 1.93. The second kappa shape index (κ2) is 4.75. The topological polar surface area (TPSA) is 35.2 Å². The number of halogens is 1. The minimum absolute atomic E-state index is 0.205. The molecule has 2 nitrogen and oxygen atoms in total. The van der Waals surface area contributed by atoms with E-state index in [9.17, 15) is 0 Å². The zero-order valence-corrected chi connectivity index (χ0v) is 11.5. The van der Waals surface area contributed by atoms with Gasteiger partial charge in [0.15, 0.2) is 0 Å². The third-order valence-electron chi connectivity index (χ3n) is 3.40. The molecule has 0 saturated carbocycles. The summed E-state index contributed by atoms with van der Waals surface area (Å²) < 4.78 is 6.94. The Morgan fingerprint density at radius 2 is 2.00 bits per heavy atom. The number of ether oxygens (including phenoxy) is 1. The van der Waals surface area contributed by atoms with Gasteiger partial charge in [-0.05, 0) is 29.3 Å². The highest BCUT2D eigenvalue weighted by Crippen LogP contribution is 2.38. The molecule has 0 radical (unpaired) electrons. The highest BCUT2D eigenvalue weighted by atomic mass is 79.9. The number of rotatable bonds is 1. The molecule has 1 aliphatic heterocycles. The fourth-order valence-corrected chi connectivity index (χ4v) is 2.88.